The Kier molecular flexibility index (Phi) is 4.66. The highest BCUT2D eigenvalue weighted by Crippen LogP contribution is 2.14. The maximum Gasteiger partial charge on any atom is 0.0168 e. The van der Waals surface area contributed by atoms with E-state index < -0.39 is 0 Å². The highest BCUT2D eigenvalue weighted by Gasteiger charge is 1.96. The highest BCUT2D eigenvalue weighted by atomic mass is 127. The van der Waals surface area contributed by atoms with Crippen molar-refractivity contribution in [2.24, 2.45) is 0 Å². The van der Waals surface area contributed by atoms with E-state index in [0.29, 0.717) is 0 Å². The van der Waals surface area contributed by atoms with Crippen molar-refractivity contribution in [3.63, 3.8) is 0 Å². The normalized spacial score (nSPS) is 10.2. The topological polar surface area (TPSA) is 0 Å². The van der Waals surface area contributed by atoms with Gasteiger partial charge < -0.3 is 0 Å². The van der Waals surface area contributed by atoms with Crippen LogP contribution in [-0.4, -0.2) is 0 Å². The number of hydrogen-bond donors (Lipinski definition) is 0. The van der Waals surface area contributed by atoms with Crippen molar-refractivity contribution in [1.82, 2.24) is 0 Å². The van der Waals surface area contributed by atoms with E-state index in [1.807, 2.05) is 6.07 Å². The molecule has 0 fully saturated rings. The largest absolute Gasteiger partial charge is 0.0654 e. The average Bonchev–Trinajstić information content (AvgIpc) is 2.09. The van der Waals surface area contributed by atoms with E-state index in [-0.39, 0.29) is 0 Å². The standard InChI is InChI=1S/C11H14I/c1-2-3-4-7-10-8-5-6-9-11(10)12/h5,8-9H,2-4,7H2,1H3. The van der Waals surface area contributed by atoms with Gasteiger partial charge in [-0.15, -0.1) is 0 Å². The highest BCUT2D eigenvalue weighted by molar-refractivity contribution is 14.1. The van der Waals surface area contributed by atoms with Gasteiger partial charge in [0.05, 0.1) is 0 Å². The van der Waals surface area contributed by atoms with Crippen LogP contribution in [0.25, 0.3) is 0 Å². The van der Waals surface area contributed by atoms with Crippen LogP contribution < -0.4 is 0 Å². The molecule has 0 nitrogen and oxygen atoms in total. The Morgan fingerprint density at radius 1 is 1.42 bits per heavy atom. The van der Waals surface area contributed by atoms with Crippen molar-refractivity contribution in [2.75, 3.05) is 0 Å². The lowest BCUT2D eigenvalue weighted by Crippen LogP contribution is -1.88. The molecule has 1 rings (SSSR count). The molecule has 1 aromatic carbocycles. The quantitative estimate of drug-likeness (QED) is 0.578. The van der Waals surface area contributed by atoms with Crippen LogP contribution in [0.15, 0.2) is 18.2 Å². The zero-order valence-electron chi connectivity index (χ0n) is 7.44. The Labute approximate surface area is 88.5 Å². The first-order valence-corrected chi connectivity index (χ1v) is 5.57. The molecule has 0 spiro atoms. The van der Waals surface area contributed by atoms with Crippen LogP contribution in [0.2, 0.25) is 0 Å². The van der Waals surface area contributed by atoms with Crippen molar-refractivity contribution in [3.05, 3.63) is 33.4 Å². The van der Waals surface area contributed by atoms with Crippen LogP contribution in [0.4, 0.5) is 0 Å². The summed E-state index contributed by atoms with van der Waals surface area (Å²) in [5, 5.41) is 0. The van der Waals surface area contributed by atoms with Crippen molar-refractivity contribution in [1.29, 1.82) is 0 Å². The lowest BCUT2D eigenvalue weighted by molar-refractivity contribution is 0.716. The summed E-state index contributed by atoms with van der Waals surface area (Å²) < 4.78 is 1.35. The number of halogens is 1. The third-order valence-corrected chi connectivity index (χ3v) is 2.95. The molecule has 1 aromatic rings. The van der Waals surface area contributed by atoms with Gasteiger partial charge in [0.25, 0.3) is 0 Å². The summed E-state index contributed by atoms with van der Waals surface area (Å²) in [6, 6.07) is 9.32. The lowest BCUT2D eigenvalue weighted by atomic mass is 10.1. The molecule has 1 radical (unpaired) electrons. The SMILES string of the molecule is CCCCCc1cc[c]cc1I. The molecule has 0 heterocycles. The number of benzene rings is 1. The second kappa shape index (κ2) is 5.57. The van der Waals surface area contributed by atoms with Crippen molar-refractivity contribution in [2.45, 2.75) is 32.6 Å². The molecule has 12 heavy (non-hydrogen) atoms. The van der Waals surface area contributed by atoms with E-state index in [9.17, 15) is 0 Å². The van der Waals surface area contributed by atoms with Gasteiger partial charge in [0.15, 0.2) is 0 Å². The van der Waals surface area contributed by atoms with Gasteiger partial charge in [-0.1, -0.05) is 31.9 Å². The minimum atomic E-state index is 1.22. The molecule has 0 saturated heterocycles. The molecule has 0 aliphatic heterocycles. The average molecular weight is 273 g/mol. The van der Waals surface area contributed by atoms with E-state index in [1.54, 1.807) is 0 Å². The van der Waals surface area contributed by atoms with Gasteiger partial charge in [0.1, 0.15) is 0 Å². The molecule has 0 saturated carbocycles. The van der Waals surface area contributed by atoms with Gasteiger partial charge in [-0.05, 0) is 53.1 Å². The van der Waals surface area contributed by atoms with E-state index >= 15 is 0 Å². The van der Waals surface area contributed by atoms with Crippen LogP contribution in [0.3, 0.4) is 0 Å². The third-order valence-electron chi connectivity index (χ3n) is 1.95. The summed E-state index contributed by atoms with van der Waals surface area (Å²) >= 11 is 2.38. The summed E-state index contributed by atoms with van der Waals surface area (Å²) in [7, 11) is 0. The van der Waals surface area contributed by atoms with E-state index in [4.69, 9.17) is 0 Å². The number of rotatable bonds is 4. The van der Waals surface area contributed by atoms with Gasteiger partial charge >= 0.3 is 0 Å². The summed E-state index contributed by atoms with van der Waals surface area (Å²) in [6.45, 7) is 2.24. The fourth-order valence-corrected chi connectivity index (χ4v) is 1.84. The molecule has 1 heteroatoms. The predicted octanol–water partition coefficient (Wildman–Crippen LogP) is 3.82. The maximum absolute atomic E-state index is 3.08. The zero-order chi connectivity index (χ0) is 8.81. The number of unbranched alkanes of at least 4 members (excludes halogenated alkanes) is 2. The first-order chi connectivity index (χ1) is 5.84. The summed E-state index contributed by atoms with van der Waals surface area (Å²) in [5.41, 5.74) is 1.47. The molecular weight excluding hydrogens is 259 g/mol. The molecule has 0 atom stereocenters. The smallest absolute Gasteiger partial charge is 0.0168 e. The van der Waals surface area contributed by atoms with Crippen molar-refractivity contribution in [3.8, 4) is 0 Å². The third kappa shape index (κ3) is 3.13. The van der Waals surface area contributed by atoms with Gasteiger partial charge in [-0.3, -0.25) is 0 Å². The monoisotopic (exact) mass is 273 g/mol. The van der Waals surface area contributed by atoms with Crippen LogP contribution >= 0.6 is 22.6 Å². The van der Waals surface area contributed by atoms with Crippen LogP contribution in [0.1, 0.15) is 31.7 Å². The summed E-state index contributed by atoms with van der Waals surface area (Å²) in [6.07, 6.45) is 5.18. The molecule has 0 amide bonds. The lowest BCUT2D eigenvalue weighted by Gasteiger charge is -2.02. The first kappa shape index (κ1) is 10.0. The summed E-state index contributed by atoms with van der Waals surface area (Å²) in [4.78, 5) is 0. The van der Waals surface area contributed by atoms with E-state index in [2.05, 4.69) is 47.7 Å². The van der Waals surface area contributed by atoms with Crippen LogP contribution in [0, 0.1) is 9.64 Å². The molecule has 0 aliphatic carbocycles. The van der Waals surface area contributed by atoms with Gasteiger partial charge in [-0.25, -0.2) is 0 Å². The Bertz CT molecular complexity index is 230. The van der Waals surface area contributed by atoms with Crippen LogP contribution in [-0.2, 0) is 6.42 Å². The molecule has 0 N–H and O–H groups in total. The molecule has 0 aromatic heterocycles. The Morgan fingerprint density at radius 2 is 2.25 bits per heavy atom. The Morgan fingerprint density at radius 3 is 2.92 bits per heavy atom. The minimum absolute atomic E-state index is 1.22. The molecule has 65 valence electrons. The van der Waals surface area contributed by atoms with Gasteiger partial charge in [0, 0.05) is 3.57 Å². The minimum Gasteiger partial charge on any atom is -0.0654 e. The first-order valence-electron chi connectivity index (χ1n) is 4.49. The number of hydrogen-bond acceptors (Lipinski definition) is 0. The number of aryl methyl sites for hydroxylation is 1. The molecular formula is C11H14I. The van der Waals surface area contributed by atoms with Gasteiger partial charge in [0.2, 0.25) is 0 Å². The van der Waals surface area contributed by atoms with E-state index in [0.717, 1.165) is 0 Å². The van der Waals surface area contributed by atoms with Crippen LogP contribution in [0.5, 0.6) is 0 Å². The van der Waals surface area contributed by atoms with Gasteiger partial charge in [-0.2, -0.15) is 0 Å². The fourth-order valence-electron chi connectivity index (χ4n) is 1.21. The Balaban J connectivity index is 2.46. The molecule has 0 unspecified atom stereocenters. The summed E-state index contributed by atoms with van der Waals surface area (Å²) in [5.74, 6) is 0. The second-order valence-corrected chi connectivity index (χ2v) is 4.14. The maximum atomic E-state index is 3.08. The Hall–Kier alpha value is -0.0500. The van der Waals surface area contributed by atoms with Crippen molar-refractivity contribution >= 4 is 22.6 Å². The van der Waals surface area contributed by atoms with E-state index in [1.165, 1.54) is 34.8 Å². The molecule has 0 bridgehead atoms. The predicted molar refractivity (Wildman–Crippen MR) is 61.2 cm³/mol. The fraction of sp³-hybridized carbons (Fsp3) is 0.455. The van der Waals surface area contributed by atoms with Crippen molar-refractivity contribution < 1.29 is 0 Å². The molecule has 0 aliphatic rings. The zero-order valence-corrected chi connectivity index (χ0v) is 9.60. The second-order valence-electron chi connectivity index (χ2n) is 2.97.